The molecule has 168 valence electrons. The van der Waals surface area contributed by atoms with Crippen molar-refractivity contribution < 1.29 is 23.8 Å². The second-order valence-electron chi connectivity index (χ2n) is 8.47. The second kappa shape index (κ2) is 9.60. The highest BCUT2D eigenvalue weighted by Gasteiger charge is 2.31. The predicted molar refractivity (Wildman–Crippen MR) is 122 cm³/mol. The van der Waals surface area contributed by atoms with Gasteiger partial charge in [-0.1, -0.05) is 43.3 Å². The summed E-state index contributed by atoms with van der Waals surface area (Å²) in [6.45, 7) is 2.00. The third-order valence-corrected chi connectivity index (χ3v) is 6.54. The van der Waals surface area contributed by atoms with Crippen molar-refractivity contribution in [2.45, 2.75) is 57.0 Å². The van der Waals surface area contributed by atoms with Gasteiger partial charge < -0.3 is 14.6 Å². The Bertz CT molecular complexity index is 1040. The Morgan fingerprint density at radius 1 is 1.22 bits per heavy atom. The molecule has 2 aliphatic rings. The van der Waals surface area contributed by atoms with Gasteiger partial charge in [0.1, 0.15) is 11.9 Å². The van der Waals surface area contributed by atoms with Crippen LogP contribution < -0.4 is 9.47 Å². The number of carbonyl (C=O) groups is 1. The van der Waals surface area contributed by atoms with Gasteiger partial charge in [0.25, 0.3) is 0 Å². The van der Waals surface area contributed by atoms with Crippen molar-refractivity contribution in [1.82, 2.24) is 0 Å². The Morgan fingerprint density at radius 2 is 2.00 bits per heavy atom. The van der Waals surface area contributed by atoms with E-state index in [0.29, 0.717) is 5.56 Å². The van der Waals surface area contributed by atoms with E-state index >= 15 is 0 Å². The lowest BCUT2D eigenvalue weighted by atomic mass is 9.86. The summed E-state index contributed by atoms with van der Waals surface area (Å²) in [4.78, 5) is 11.1. The highest BCUT2D eigenvalue weighted by Crippen LogP contribution is 2.42. The third-order valence-electron chi connectivity index (χ3n) is 6.54. The number of rotatable bonds is 8. The first kappa shape index (κ1) is 22.1. The number of fused-ring (bicyclic) bond motifs is 1. The molecule has 0 amide bonds. The standard InChI is InChI=1S/C27H29FO4/c1-3-17(16-26(29)30)18-7-11-21(12-8-18)32-24-14-10-19-15-20(9-13-22(19)24)23-5-4-6-25(31-2)27(23)28/h4-8,11-13,15,17,20,24H,3,9-10,14,16H2,1-2H3,(H,29,30)/t17-,20?,24?/m1/s1. The summed E-state index contributed by atoms with van der Waals surface area (Å²) in [5.74, 6) is 0.0128. The van der Waals surface area contributed by atoms with E-state index in [2.05, 4.69) is 12.2 Å². The molecule has 1 N–H and O–H groups in total. The topological polar surface area (TPSA) is 55.8 Å². The van der Waals surface area contributed by atoms with E-state index in [9.17, 15) is 9.18 Å². The molecule has 5 heteroatoms. The van der Waals surface area contributed by atoms with E-state index in [0.717, 1.165) is 37.0 Å². The average Bonchev–Trinajstić information content (AvgIpc) is 3.20. The van der Waals surface area contributed by atoms with Crippen LogP contribution in [0.3, 0.4) is 0 Å². The summed E-state index contributed by atoms with van der Waals surface area (Å²) in [7, 11) is 1.49. The molecule has 0 spiro atoms. The van der Waals surface area contributed by atoms with Gasteiger partial charge in [-0.15, -0.1) is 0 Å². The van der Waals surface area contributed by atoms with Gasteiger partial charge in [-0.3, -0.25) is 4.79 Å². The van der Waals surface area contributed by atoms with Crippen LogP contribution in [0.4, 0.5) is 4.39 Å². The Labute approximate surface area is 188 Å². The predicted octanol–water partition coefficient (Wildman–Crippen LogP) is 6.38. The normalized spacial score (nSPS) is 20.7. The van der Waals surface area contributed by atoms with Crippen molar-refractivity contribution in [3.05, 3.63) is 82.7 Å². The van der Waals surface area contributed by atoms with E-state index in [-0.39, 0.29) is 35.9 Å². The Morgan fingerprint density at radius 3 is 2.69 bits per heavy atom. The SMILES string of the molecule is CC[C@H](CC(=O)O)c1ccc(OC2CCC3=CC(c4cccc(OC)c4F)CC=C32)cc1. The largest absolute Gasteiger partial charge is 0.494 e. The summed E-state index contributed by atoms with van der Waals surface area (Å²) < 4.78 is 26.1. The Kier molecular flexibility index (Phi) is 6.63. The van der Waals surface area contributed by atoms with Crippen molar-refractivity contribution in [1.29, 1.82) is 0 Å². The minimum atomic E-state index is -0.779. The highest BCUT2D eigenvalue weighted by atomic mass is 19.1. The van der Waals surface area contributed by atoms with Gasteiger partial charge >= 0.3 is 5.97 Å². The minimum Gasteiger partial charge on any atom is -0.494 e. The van der Waals surface area contributed by atoms with E-state index in [1.807, 2.05) is 43.3 Å². The molecule has 4 rings (SSSR count). The van der Waals surface area contributed by atoms with Crippen molar-refractivity contribution in [3.63, 3.8) is 0 Å². The van der Waals surface area contributed by atoms with Gasteiger partial charge in [0.2, 0.25) is 0 Å². The van der Waals surface area contributed by atoms with E-state index in [1.165, 1.54) is 18.3 Å². The van der Waals surface area contributed by atoms with Crippen LogP contribution in [0, 0.1) is 5.82 Å². The zero-order valence-corrected chi connectivity index (χ0v) is 18.5. The first-order chi connectivity index (χ1) is 15.5. The van der Waals surface area contributed by atoms with E-state index < -0.39 is 5.97 Å². The number of ether oxygens (including phenoxy) is 2. The molecule has 1 saturated carbocycles. The quantitative estimate of drug-likeness (QED) is 0.521. The molecule has 2 aromatic rings. The molecule has 1 fully saturated rings. The molecule has 2 aliphatic carbocycles. The fraction of sp³-hybridized carbons (Fsp3) is 0.370. The molecule has 0 bridgehead atoms. The third kappa shape index (κ3) is 4.57. The molecule has 32 heavy (non-hydrogen) atoms. The summed E-state index contributed by atoms with van der Waals surface area (Å²) in [5, 5.41) is 9.10. The van der Waals surface area contributed by atoms with Gasteiger partial charge in [0.15, 0.2) is 11.6 Å². The summed E-state index contributed by atoms with van der Waals surface area (Å²) in [6.07, 6.45) is 7.80. The maximum atomic E-state index is 14.7. The molecule has 0 radical (unpaired) electrons. The van der Waals surface area contributed by atoms with Crippen LogP contribution in [0.5, 0.6) is 11.5 Å². The smallest absolute Gasteiger partial charge is 0.303 e. The number of carboxylic acids is 1. The Balaban J connectivity index is 1.44. The second-order valence-corrected chi connectivity index (χ2v) is 8.47. The lowest BCUT2D eigenvalue weighted by molar-refractivity contribution is -0.137. The fourth-order valence-electron chi connectivity index (χ4n) is 4.80. The van der Waals surface area contributed by atoms with Crippen LogP contribution in [0.2, 0.25) is 0 Å². The molecule has 0 saturated heterocycles. The molecule has 3 atom stereocenters. The van der Waals surface area contributed by atoms with Crippen molar-refractivity contribution in [3.8, 4) is 11.5 Å². The number of methoxy groups -OCH3 is 1. The molecular formula is C27H29FO4. The lowest BCUT2D eigenvalue weighted by Gasteiger charge is -2.22. The summed E-state index contributed by atoms with van der Waals surface area (Å²) in [6, 6.07) is 13.1. The first-order valence-electron chi connectivity index (χ1n) is 11.2. The van der Waals surface area contributed by atoms with Crippen molar-refractivity contribution in [2.75, 3.05) is 7.11 Å². The maximum absolute atomic E-state index is 14.7. The highest BCUT2D eigenvalue weighted by molar-refractivity contribution is 5.68. The van der Waals surface area contributed by atoms with Crippen LogP contribution in [0.15, 0.2) is 65.8 Å². The van der Waals surface area contributed by atoms with Gasteiger partial charge in [-0.25, -0.2) is 4.39 Å². The van der Waals surface area contributed by atoms with Gasteiger partial charge in [0, 0.05) is 5.92 Å². The maximum Gasteiger partial charge on any atom is 0.303 e. The molecule has 0 aliphatic heterocycles. The zero-order valence-electron chi connectivity index (χ0n) is 18.5. The lowest BCUT2D eigenvalue weighted by Crippen LogP contribution is -2.16. The van der Waals surface area contributed by atoms with Gasteiger partial charge in [-0.2, -0.15) is 0 Å². The number of hydrogen-bond acceptors (Lipinski definition) is 3. The number of carboxylic acid groups (broad SMARTS) is 1. The van der Waals surface area contributed by atoms with E-state index in [4.69, 9.17) is 14.6 Å². The van der Waals surface area contributed by atoms with Crippen molar-refractivity contribution >= 4 is 5.97 Å². The van der Waals surface area contributed by atoms with Crippen LogP contribution in [-0.2, 0) is 4.79 Å². The van der Waals surface area contributed by atoms with Gasteiger partial charge in [0.05, 0.1) is 13.5 Å². The van der Waals surface area contributed by atoms with Crippen LogP contribution in [-0.4, -0.2) is 24.3 Å². The Hall–Kier alpha value is -3.08. The number of hydrogen-bond donors (Lipinski definition) is 1. The number of aliphatic carboxylic acids is 1. The first-order valence-corrected chi connectivity index (χ1v) is 11.2. The molecule has 2 aromatic carbocycles. The average molecular weight is 437 g/mol. The number of allylic oxidation sites excluding steroid dienone is 2. The monoisotopic (exact) mass is 436 g/mol. The molecule has 0 aromatic heterocycles. The van der Waals surface area contributed by atoms with E-state index in [1.54, 1.807) is 6.07 Å². The van der Waals surface area contributed by atoms with Crippen LogP contribution >= 0.6 is 0 Å². The molecule has 2 unspecified atom stereocenters. The number of halogens is 1. The summed E-state index contributed by atoms with van der Waals surface area (Å²) in [5.41, 5.74) is 4.12. The van der Waals surface area contributed by atoms with Crippen molar-refractivity contribution in [2.24, 2.45) is 0 Å². The molecule has 4 nitrogen and oxygen atoms in total. The fourth-order valence-corrected chi connectivity index (χ4v) is 4.80. The zero-order chi connectivity index (χ0) is 22.7. The van der Waals surface area contributed by atoms with Crippen LogP contribution in [0.1, 0.15) is 62.0 Å². The van der Waals surface area contributed by atoms with Gasteiger partial charge in [-0.05, 0) is 72.1 Å². The summed E-state index contributed by atoms with van der Waals surface area (Å²) >= 11 is 0. The molecule has 0 heterocycles. The minimum absolute atomic E-state index is 0.00194. The number of benzene rings is 2. The molecular weight excluding hydrogens is 407 g/mol. The van der Waals surface area contributed by atoms with Crippen LogP contribution in [0.25, 0.3) is 0 Å².